The van der Waals surface area contributed by atoms with Gasteiger partial charge in [-0.3, -0.25) is 14.4 Å². The second-order valence-corrected chi connectivity index (χ2v) is 19.6. The lowest BCUT2D eigenvalue weighted by atomic mass is 10.1. The van der Waals surface area contributed by atoms with Crippen LogP contribution in [0, 0.1) is 0 Å². The first-order chi connectivity index (χ1) is 32.4. The van der Waals surface area contributed by atoms with Gasteiger partial charge in [-0.1, -0.05) is 173 Å². The maximum atomic E-state index is 12.9. The van der Waals surface area contributed by atoms with E-state index in [1.54, 1.807) is 0 Å². The standard InChI is InChI=1S/C57H98O9/c1-4-7-28-37-49-52(64-49)40-31-22-16-10-13-19-25-34-43-55(58)61-46-48(63-57(60)45-36-27-21-15-12-18-24-33-42-54-51(66-54)39-30-9-6-3)47-62-56(59)44-35-26-20-14-11-17-23-32-41-53-50(65-53)38-29-8-5-2/h22-24,31-33,48-54H,4-21,25-30,34-47H2,1-3H3. The van der Waals surface area contributed by atoms with Gasteiger partial charge in [-0.05, 0) is 96.3 Å². The predicted molar refractivity (Wildman–Crippen MR) is 268 cm³/mol. The van der Waals surface area contributed by atoms with Crippen molar-refractivity contribution in [1.82, 2.24) is 0 Å². The summed E-state index contributed by atoms with van der Waals surface area (Å²) in [6, 6.07) is 0. The average Bonchev–Trinajstić information content (AvgIpc) is 4.26. The van der Waals surface area contributed by atoms with Crippen LogP contribution in [-0.4, -0.2) is 73.8 Å². The highest BCUT2D eigenvalue weighted by atomic mass is 16.6. The van der Waals surface area contributed by atoms with Crippen LogP contribution in [0.3, 0.4) is 0 Å². The average molecular weight is 927 g/mol. The molecule has 0 aromatic heterocycles. The number of ether oxygens (including phenoxy) is 6. The fraction of sp³-hybridized carbons (Fsp3) is 0.842. The Balaban J connectivity index is 1.22. The Labute approximate surface area is 403 Å². The van der Waals surface area contributed by atoms with Crippen molar-refractivity contribution in [1.29, 1.82) is 0 Å². The summed E-state index contributed by atoms with van der Waals surface area (Å²) in [5, 5.41) is 0. The van der Waals surface area contributed by atoms with Crippen molar-refractivity contribution >= 4 is 17.9 Å². The number of unbranched alkanes of at least 4 members (excludes halogenated alkanes) is 21. The van der Waals surface area contributed by atoms with Crippen LogP contribution in [-0.2, 0) is 42.8 Å². The van der Waals surface area contributed by atoms with Gasteiger partial charge >= 0.3 is 17.9 Å². The van der Waals surface area contributed by atoms with Gasteiger partial charge < -0.3 is 28.4 Å². The van der Waals surface area contributed by atoms with Gasteiger partial charge in [0, 0.05) is 19.3 Å². The molecule has 0 saturated carbocycles. The summed E-state index contributed by atoms with van der Waals surface area (Å²) >= 11 is 0. The van der Waals surface area contributed by atoms with Crippen molar-refractivity contribution in [3.63, 3.8) is 0 Å². The van der Waals surface area contributed by atoms with Crippen LogP contribution in [0.2, 0.25) is 0 Å². The van der Waals surface area contributed by atoms with Crippen LogP contribution < -0.4 is 0 Å². The van der Waals surface area contributed by atoms with Gasteiger partial charge in [-0.25, -0.2) is 0 Å². The highest BCUT2D eigenvalue weighted by Crippen LogP contribution is 2.32. The van der Waals surface area contributed by atoms with Crippen LogP contribution in [0.25, 0.3) is 0 Å². The molecule has 0 radical (unpaired) electrons. The quantitative estimate of drug-likeness (QED) is 0.0193. The van der Waals surface area contributed by atoms with Crippen molar-refractivity contribution in [3.8, 4) is 0 Å². The second kappa shape index (κ2) is 39.4. The molecule has 66 heavy (non-hydrogen) atoms. The Morgan fingerprint density at radius 2 is 0.697 bits per heavy atom. The minimum atomic E-state index is -0.803. The zero-order valence-electron chi connectivity index (χ0n) is 42.5. The van der Waals surface area contributed by atoms with Gasteiger partial charge in [0.05, 0.1) is 36.6 Å². The van der Waals surface area contributed by atoms with Gasteiger partial charge in [-0.15, -0.1) is 0 Å². The van der Waals surface area contributed by atoms with Gasteiger partial charge in [0.15, 0.2) is 6.10 Å². The number of carbonyl (C=O) groups excluding carboxylic acids is 3. The molecule has 3 aliphatic heterocycles. The molecule has 0 spiro atoms. The van der Waals surface area contributed by atoms with E-state index in [9.17, 15) is 14.4 Å². The van der Waals surface area contributed by atoms with Crippen LogP contribution in [0.15, 0.2) is 36.5 Å². The third kappa shape index (κ3) is 32.3. The molecular formula is C57H98O9. The topological polar surface area (TPSA) is 116 Å². The fourth-order valence-electron chi connectivity index (χ4n) is 8.82. The summed E-state index contributed by atoms with van der Waals surface area (Å²) in [4.78, 5) is 38.2. The maximum Gasteiger partial charge on any atom is 0.306 e. The van der Waals surface area contributed by atoms with E-state index in [1.807, 2.05) is 0 Å². The van der Waals surface area contributed by atoms with E-state index >= 15 is 0 Å². The number of epoxide rings is 3. The van der Waals surface area contributed by atoms with Crippen molar-refractivity contribution in [2.45, 2.75) is 295 Å². The summed E-state index contributed by atoms with van der Waals surface area (Å²) in [5.41, 5.74) is 0. The lowest BCUT2D eigenvalue weighted by molar-refractivity contribution is -0.167. The molecule has 0 aliphatic carbocycles. The molecule has 0 aromatic rings. The highest BCUT2D eigenvalue weighted by Gasteiger charge is 2.37. The predicted octanol–water partition coefficient (Wildman–Crippen LogP) is 15.1. The summed E-state index contributed by atoms with van der Waals surface area (Å²) in [6.07, 6.45) is 53.4. The zero-order chi connectivity index (χ0) is 47.1. The second-order valence-electron chi connectivity index (χ2n) is 19.6. The lowest BCUT2D eigenvalue weighted by Gasteiger charge is -2.18. The Hall–Kier alpha value is -2.49. The normalized spacial score (nSPS) is 21.5. The third-order valence-corrected chi connectivity index (χ3v) is 13.4. The van der Waals surface area contributed by atoms with Gasteiger partial charge in [-0.2, -0.15) is 0 Å². The van der Waals surface area contributed by atoms with Gasteiger partial charge in [0.25, 0.3) is 0 Å². The van der Waals surface area contributed by atoms with E-state index < -0.39 is 6.10 Å². The number of allylic oxidation sites excluding steroid dienone is 3. The number of carbonyl (C=O) groups is 3. The Bertz CT molecular complexity index is 1240. The monoisotopic (exact) mass is 927 g/mol. The molecule has 3 rings (SSSR count). The first kappa shape index (κ1) is 57.8. The molecule has 0 amide bonds. The maximum absolute atomic E-state index is 12.9. The minimum absolute atomic E-state index is 0.100. The highest BCUT2D eigenvalue weighted by molar-refractivity contribution is 5.71. The number of esters is 3. The first-order valence-electron chi connectivity index (χ1n) is 27.8. The molecular weight excluding hydrogens is 829 g/mol. The largest absolute Gasteiger partial charge is 0.462 e. The molecule has 0 aromatic carbocycles. The Morgan fingerprint density at radius 3 is 1.05 bits per heavy atom. The molecule has 0 bridgehead atoms. The van der Waals surface area contributed by atoms with Crippen molar-refractivity contribution in [2.24, 2.45) is 0 Å². The van der Waals surface area contributed by atoms with Crippen LogP contribution >= 0.6 is 0 Å². The van der Waals surface area contributed by atoms with Gasteiger partial charge in [0.2, 0.25) is 0 Å². The third-order valence-electron chi connectivity index (χ3n) is 13.4. The molecule has 0 N–H and O–H groups in total. The van der Waals surface area contributed by atoms with Crippen molar-refractivity contribution in [3.05, 3.63) is 36.5 Å². The first-order valence-corrected chi connectivity index (χ1v) is 27.8. The molecule has 6 unspecified atom stereocenters. The molecule has 9 heteroatoms. The van der Waals surface area contributed by atoms with Crippen LogP contribution in [0.4, 0.5) is 0 Å². The van der Waals surface area contributed by atoms with E-state index in [1.165, 1.54) is 77.0 Å². The lowest BCUT2D eigenvalue weighted by Crippen LogP contribution is -2.30. The van der Waals surface area contributed by atoms with Crippen molar-refractivity contribution in [2.75, 3.05) is 13.2 Å². The van der Waals surface area contributed by atoms with E-state index in [0.717, 1.165) is 135 Å². The van der Waals surface area contributed by atoms with Crippen LogP contribution in [0.1, 0.15) is 252 Å². The molecule has 3 fully saturated rings. The summed E-state index contributed by atoms with van der Waals surface area (Å²) in [5.74, 6) is -0.946. The SMILES string of the molecule is CCCCCC1OC1CC=CCCCCCCCC(=O)OCC(COC(=O)CCCCCCCC=CCC1OC1CCCCC)OC(=O)CCCCCCCC=CCC1OC1CCCCC. The van der Waals surface area contributed by atoms with E-state index in [4.69, 9.17) is 28.4 Å². The van der Waals surface area contributed by atoms with Crippen LogP contribution in [0.5, 0.6) is 0 Å². The van der Waals surface area contributed by atoms with E-state index in [2.05, 4.69) is 57.2 Å². The summed E-state index contributed by atoms with van der Waals surface area (Å²) in [7, 11) is 0. The Morgan fingerprint density at radius 1 is 0.379 bits per heavy atom. The van der Waals surface area contributed by atoms with E-state index in [-0.39, 0.29) is 31.1 Å². The molecule has 3 heterocycles. The van der Waals surface area contributed by atoms with Crippen molar-refractivity contribution < 1.29 is 42.8 Å². The molecule has 9 nitrogen and oxygen atoms in total. The summed E-state index contributed by atoms with van der Waals surface area (Å²) in [6.45, 7) is 6.51. The fourth-order valence-corrected chi connectivity index (χ4v) is 8.82. The van der Waals surface area contributed by atoms with E-state index in [0.29, 0.717) is 55.9 Å². The number of hydrogen-bond acceptors (Lipinski definition) is 9. The molecule has 380 valence electrons. The zero-order valence-corrected chi connectivity index (χ0v) is 42.5. The molecule has 6 atom stereocenters. The minimum Gasteiger partial charge on any atom is -0.462 e. The molecule has 3 aliphatic rings. The number of rotatable bonds is 47. The molecule has 3 saturated heterocycles. The summed E-state index contributed by atoms with van der Waals surface area (Å²) < 4.78 is 34.2. The number of hydrogen-bond donors (Lipinski definition) is 0. The Kier molecular flexibility index (Phi) is 34.5. The smallest absolute Gasteiger partial charge is 0.306 e. The van der Waals surface area contributed by atoms with Gasteiger partial charge in [0.1, 0.15) is 13.2 Å².